The third-order valence-corrected chi connectivity index (χ3v) is 4.70. The van der Waals surface area contributed by atoms with Crippen molar-refractivity contribution in [2.24, 2.45) is 0 Å². The summed E-state index contributed by atoms with van der Waals surface area (Å²) in [4.78, 5) is 39.6. The van der Waals surface area contributed by atoms with Crippen molar-refractivity contribution in [3.63, 3.8) is 0 Å². The van der Waals surface area contributed by atoms with Gasteiger partial charge in [0.25, 0.3) is 5.56 Å². The highest BCUT2D eigenvalue weighted by Crippen LogP contribution is 2.21. The summed E-state index contributed by atoms with van der Waals surface area (Å²) in [6.45, 7) is 7.13. The number of esters is 1. The fourth-order valence-electron chi connectivity index (χ4n) is 3.37. The summed E-state index contributed by atoms with van der Waals surface area (Å²) in [7, 11) is 1.54. The predicted molar refractivity (Wildman–Crippen MR) is 116 cm³/mol. The Hall–Kier alpha value is -3.35. The van der Waals surface area contributed by atoms with Crippen LogP contribution in [0.4, 0.5) is 0 Å². The number of fused-ring (bicyclic) bond motifs is 1. The molecule has 0 saturated carbocycles. The van der Waals surface area contributed by atoms with Crippen LogP contribution in [0.3, 0.4) is 0 Å². The summed E-state index contributed by atoms with van der Waals surface area (Å²) in [5, 5.41) is 0.343. The minimum absolute atomic E-state index is 0.333. The Balaban J connectivity index is 2.32. The number of ether oxygens (including phenoxy) is 2. The molecule has 0 amide bonds. The normalized spacial score (nSPS) is 12.6. The van der Waals surface area contributed by atoms with Crippen LogP contribution in [0.2, 0.25) is 0 Å². The van der Waals surface area contributed by atoms with Crippen molar-refractivity contribution in [2.75, 3.05) is 7.11 Å². The number of carbonyl (C=O) groups excluding carboxylic acids is 1. The number of hydrogen-bond acceptors (Lipinski definition) is 5. The number of rotatable bonds is 5. The Morgan fingerprint density at radius 3 is 2.23 bits per heavy atom. The minimum atomic E-state index is -0.869. The third kappa shape index (κ3) is 4.01. The first-order chi connectivity index (χ1) is 14.2. The molecule has 0 aliphatic carbocycles. The zero-order chi connectivity index (χ0) is 22.1. The molecule has 0 radical (unpaired) electrons. The monoisotopic (exact) mass is 410 g/mol. The van der Waals surface area contributed by atoms with E-state index in [4.69, 9.17) is 9.47 Å². The van der Waals surface area contributed by atoms with Gasteiger partial charge in [0.2, 0.25) is 0 Å². The predicted octanol–water partition coefficient (Wildman–Crippen LogP) is 3.45. The van der Waals surface area contributed by atoms with Crippen LogP contribution in [-0.4, -0.2) is 27.8 Å². The highest BCUT2D eigenvalue weighted by atomic mass is 16.6. The molecule has 158 valence electrons. The highest BCUT2D eigenvalue weighted by molar-refractivity contribution is 5.82. The number of aromatic nitrogens is 2. The Kier molecular flexibility index (Phi) is 5.82. The second-order valence-electron chi connectivity index (χ2n) is 7.97. The van der Waals surface area contributed by atoms with Crippen molar-refractivity contribution < 1.29 is 14.3 Å². The first-order valence-electron chi connectivity index (χ1n) is 9.81. The van der Waals surface area contributed by atoms with E-state index in [2.05, 4.69) is 0 Å². The maximum Gasteiger partial charge on any atom is 0.336 e. The Morgan fingerprint density at radius 1 is 1.03 bits per heavy atom. The van der Waals surface area contributed by atoms with Crippen LogP contribution in [0.5, 0.6) is 5.75 Å². The van der Waals surface area contributed by atoms with Gasteiger partial charge in [-0.25, -0.2) is 14.2 Å². The first-order valence-corrected chi connectivity index (χ1v) is 9.81. The van der Waals surface area contributed by atoms with E-state index in [0.717, 1.165) is 4.57 Å². The van der Waals surface area contributed by atoms with E-state index in [-0.39, 0.29) is 0 Å². The molecule has 0 aliphatic heterocycles. The molecule has 1 unspecified atom stereocenters. The van der Waals surface area contributed by atoms with Crippen LogP contribution >= 0.6 is 0 Å². The van der Waals surface area contributed by atoms with Crippen LogP contribution in [-0.2, 0) is 9.53 Å². The SMILES string of the molecule is CCC(C(=O)OC(C)(C)C)n1c(=O)n(-c2ccc(OC)cc2)c(=O)c2ccccc21. The maximum absolute atomic E-state index is 13.5. The van der Waals surface area contributed by atoms with Gasteiger partial charge in [0, 0.05) is 0 Å². The van der Waals surface area contributed by atoms with Crippen LogP contribution in [0.1, 0.15) is 40.2 Å². The van der Waals surface area contributed by atoms with Gasteiger partial charge in [-0.15, -0.1) is 0 Å². The lowest BCUT2D eigenvalue weighted by Gasteiger charge is -2.25. The molecule has 3 rings (SSSR count). The molecule has 7 nitrogen and oxygen atoms in total. The summed E-state index contributed by atoms with van der Waals surface area (Å²) < 4.78 is 13.1. The van der Waals surface area contributed by atoms with Crippen molar-refractivity contribution in [1.82, 2.24) is 9.13 Å². The molecule has 0 spiro atoms. The van der Waals surface area contributed by atoms with E-state index in [0.29, 0.717) is 28.8 Å². The summed E-state index contributed by atoms with van der Waals surface area (Å²) in [5.41, 5.74) is -0.953. The Labute approximate surface area is 174 Å². The van der Waals surface area contributed by atoms with Gasteiger partial charge in [0.05, 0.1) is 23.7 Å². The third-order valence-electron chi connectivity index (χ3n) is 4.70. The first kappa shape index (κ1) is 21.4. The average Bonchev–Trinajstić information content (AvgIpc) is 2.70. The van der Waals surface area contributed by atoms with Crippen molar-refractivity contribution >= 4 is 16.9 Å². The molecule has 0 aliphatic rings. The standard InChI is InChI=1S/C23H26N2O5/c1-6-18(21(27)30-23(2,3)4)25-19-10-8-7-9-17(19)20(26)24(22(25)28)15-11-13-16(29-5)14-12-15/h7-14,18H,6H2,1-5H3. The molecule has 0 N–H and O–H groups in total. The van der Waals surface area contributed by atoms with Gasteiger partial charge >= 0.3 is 11.7 Å². The summed E-state index contributed by atoms with van der Waals surface area (Å²) in [5.74, 6) is 0.0882. The minimum Gasteiger partial charge on any atom is -0.497 e. The van der Waals surface area contributed by atoms with Crippen LogP contribution < -0.4 is 16.0 Å². The largest absolute Gasteiger partial charge is 0.497 e. The molecule has 0 bridgehead atoms. The van der Waals surface area contributed by atoms with Crippen molar-refractivity contribution in [1.29, 1.82) is 0 Å². The van der Waals surface area contributed by atoms with Gasteiger partial charge in [0.1, 0.15) is 17.4 Å². The van der Waals surface area contributed by atoms with E-state index in [1.165, 1.54) is 11.7 Å². The number of methoxy groups -OCH3 is 1. The zero-order valence-corrected chi connectivity index (χ0v) is 17.8. The van der Waals surface area contributed by atoms with E-state index >= 15 is 0 Å². The van der Waals surface area contributed by atoms with Crippen LogP contribution in [0, 0.1) is 0 Å². The van der Waals surface area contributed by atoms with Gasteiger partial charge < -0.3 is 9.47 Å². The fraction of sp³-hybridized carbons (Fsp3) is 0.348. The smallest absolute Gasteiger partial charge is 0.336 e. The van der Waals surface area contributed by atoms with Gasteiger partial charge in [0.15, 0.2) is 0 Å². The average molecular weight is 410 g/mol. The lowest BCUT2D eigenvalue weighted by Crippen LogP contribution is -2.43. The molecule has 1 aromatic heterocycles. The second kappa shape index (κ2) is 8.18. The summed E-state index contributed by atoms with van der Waals surface area (Å²) in [6.07, 6.45) is 0.333. The molecular formula is C23H26N2O5. The molecule has 1 atom stereocenters. The second-order valence-corrected chi connectivity index (χ2v) is 7.97. The molecule has 30 heavy (non-hydrogen) atoms. The molecule has 3 aromatic rings. The number of para-hydroxylation sites is 1. The van der Waals surface area contributed by atoms with Gasteiger partial charge in [-0.3, -0.25) is 9.36 Å². The molecule has 7 heteroatoms. The van der Waals surface area contributed by atoms with Crippen LogP contribution in [0.15, 0.2) is 58.1 Å². The number of carbonyl (C=O) groups is 1. The molecular weight excluding hydrogens is 384 g/mol. The van der Waals surface area contributed by atoms with E-state index < -0.39 is 28.9 Å². The quantitative estimate of drug-likeness (QED) is 0.602. The van der Waals surface area contributed by atoms with E-state index in [9.17, 15) is 14.4 Å². The number of nitrogens with zero attached hydrogens (tertiary/aromatic N) is 2. The Bertz CT molecular complexity index is 1180. The fourth-order valence-corrected chi connectivity index (χ4v) is 3.37. The molecule has 0 saturated heterocycles. The van der Waals surface area contributed by atoms with Crippen LogP contribution in [0.25, 0.3) is 16.6 Å². The lowest BCUT2D eigenvalue weighted by molar-refractivity contribution is -0.159. The van der Waals surface area contributed by atoms with Crippen molar-refractivity contribution in [2.45, 2.75) is 45.8 Å². The zero-order valence-electron chi connectivity index (χ0n) is 17.8. The van der Waals surface area contributed by atoms with Gasteiger partial charge in [-0.05, 0) is 63.6 Å². The van der Waals surface area contributed by atoms with E-state index in [1.54, 1.807) is 76.2 Å². The Morgan fingerprint density at radius 2 is 1.67 bits per heavy atom. The molecule has 2 aromatic carbocycles. The number of benzene rings is 2. The topological polar surface area (TPSA) is 79.5 Å². The number of hydrogen-bond donors (Lipinski definition) is 0. The van der Waals surface area contributed by atoms with Crippen molar-refractivity contribution in [3.8, 4) is 11.4 Å². The lowest BCUT2D eigenvalue weighted by atomic mass is 10.1. The highest BCUT2D eigenvalue weighted by Gasteiger charge is 2.29. The van der Waals surface area contributed by atoms with Gasteiger partial charge in [-0.2, -0.15) is 0 Å². The van der Waals surface area contributed by atoms with Crippen molar-refractivity contribution in [3.05, 3.63) is 69.4 Å². The van der Waals surface area contributed by atoms with E-state index in [1.807, 2.05) is 0 Å². The summed E-state index contributed by atoms with van der Waals surface area (Å²) >= 11 is 0. The maximum atomic E-state index is 13.5. The summed E-state index contributed by atoms with van der Waals surface area (Å²) in [6, 6.07) is 12.5. The molecule has 0 fully saturated rings. The van der Waals surface area contributed by atoms with Gasteiger partial charge in [-0.1, -0.05) is 19.1 Å². The molecule has 1 heterocycles.